The van der Waals surface area contributed by atoms with E-state index in [1.807, 2.05) is 51.1 Å². The first-order valence-electron chi connectivity index (χ1n) is 10.7. The number of ether oxygens (including phenoxy) is 3. The highest BCUT2D eigenvalue weighted by molar-refractivity contribution is 6.06. The van der Waals surface area contributed by atoms with E-state index in [1.165, 1.54) is 0 Å². The van der Waals surface area contributed by atoms with Crippen LogP contribution in [0, 0.1) is 0 Å². The van der Waals surface area contributed by atoms with Gasteiger partial charge < -0.3 is 19.5 Å². The minimum Gasteiger partial charge on any atom is -0.494 e. The zero-order valence-corrected chi connectivity index (χ0v) is 18.3. The lowest BCUT2D eigenvalue weighted by Gasteiger charge is -2.17. The Morgan fingerprint density at radius 2 is 1.77 bits per heavy atom. The number of nitrogens with one attached hydrogen (secondary N) is 1. The third-order valence-corrected chi connectivity index (χ3v) is 4.66. The number of fused-ring (bicyclic) bond motifs is 1. The van der Waals surface area contributed by atoms with Crippen molar-refractivity contribution in [3.63, 3.8) is 0 Å². The molecule has 0 saturated carbocycles. The predicted octanol–water partition coefficient (Wildman–Crippen LogP) is 4.21. The molecule has 0 aliphatic rings. The summed E-state index contributed by atoms with van der Waals surface area (Å²) in [6, 6.07) is 13.1. The molecule has 1 N–H and O–H groups in total. The lowest BCUT2D eigenvalue weighted by atomic mass is 10.1. The summed E-state index contributed by atoms with van der Waals surface area (Å²) in [5.41, 5.74) is 2.63. The van der Waals surface area contributed by atoms with Crippen LogP contribution in [0.15, 0.2) is 48.7 Å². The van der Waals surface area contributed by atoms with E-state index in [1.54, 1.807) is 18.3 Å². The van der Waals surface area contributed by atoms with E-state index in [4.69, 9.17) is 14.2 Å². The van der Waals surface area contributed by atoms with Crippen LogP contribution in [-0.4, -0.2) is 48.5 Å². The van der Waals surface area contributed by atoms with E-state index in [9.17, 15) is 4.79 Å². The normalized spacial score (nSPS) is 11.1. The van der Waals surface area contributed by atoms with Crippen molar-refractivity contribution in [3.8, 4) is 17.0 Å². The molecule has 2 aromatic heterocycles. The Hall–Kier alpha value is -3.03. The molecule has 0 fully saturated rings. The van der Waals surface area contributed by atoms with Gasteiger partial charge in [-0.1, -0.05) is 0 Å². The van der Waals surface area contributed by atoms with E-state index in [0.717, 1.165) is 11.3 Å². The van der Waals surface area contributed by atoms with Gasteiger partial charge in [0, 0.05) is 43.3 Å². The van der Waals surface area contributed by atoms with Crippen molar-refractivity contribution in [1.29, 1.82) is 0 Å². The van der Waals surface area contributed by atoms with Crippen LogP contribution >= 0.6 is 0 Å². The highest BCUT2D eigenvalue weighted by Gasteiger charge is 2.15. The number of nitrogens with zero attached hydrogens (tertiary/aromatic N) is 2. The summed E-state index contributed by atoms with van der Waals surface area (Å²) in [6.45, 7) is 7.95. The number of aromatic nitrogens is 2. The van der Waals surface area contributed by atoms with Gasteiger partial charge in [-0.25, -0.2) is 9.97 Å². The molecule has 0 aliphatic carbocycles. The van der Waals surface area contributed by atoms with E-state index in [2.05, 4.69) is 15.3 Å². The highest BCUT2D eigenvalue weighted by Crippen LogP contribution is 2.25. The van der Waals surface area contributed by atoms with E-state index >= 15 is 0 Å². The number of carbonyl (C=O) groups is 1. The van der Waals surface area contributed by atoms with E-state index in [0.29, 0.717) is 55.1 Å². The van der Waals surface area contributed by atoms with Crippen molar-refractivity contribution in [2.75, 3.05) is 26.4 Å². The lowest BCUT2D eigenvalue weighted by molar-refractivity contribution is -0.138. The van der Waals surface area contributed by atoms with E-state index < -0.39 is 0 Å². The molecule has 0 bridgehead atoms. The van der Waals surface area contributed by atoms with Crippen molar-refractivity contribution in [2.24, 2.45) is 0 Å². The summed E-state index contributed by atoms with van der Waals surface area (Å²) in [5.74, 6) is 0.612. The van der Waals surface area contributed by atoms with Crippen LogP contribution < -0.4 is 10.1 Å². The first-order chi connectivity index (χ1) is 15.2. The Bertz CT molecular complexity index is 986. The van der Waals surface area contributed by atoms with Crippen molar-refractivity contribution >= 4 is 16.9 Å². The number of benzene rings is 1. The number of carbonyl (C=O) groups excluding carboxylic acids is 1. The summed E-state index contributed by atoms with van der Waals surface area (Å²) in [6.07, 6.45) is 1.92. The molecule has 0 unspecified atom stereocenters. The largest absolute Gasteiger partial charge is 0.494 e. The summed E-state index contributed by atoms with van der Waals surface area (Å²) in [5, 5.41) is 3.68. The molecule has 1 amide bonds. The average Bonchev–Trinajstić information content (AvgIpc) is 2.79. The van der Waals surface area contributed by atoms with Gasteiger partial charge in [-0.3, -0.25) is 4.79 Å². The molecular weight excluding hydrogens is 394 g/mol. The molecule has 3 rings (SSSR count). The molecule has 0 saturated heterocycles. The molecule has 2 heterocycles. The second-order valence-corrected chi connectivity index (χ2v) is 6.77. The van der Waals surface area contributed by atoms with Gasteiger partial charge in [-0.2, -0.15) is 0 Å². The summed E-state index contributed by atoms with van der Waals surface area (Å²) in [7, 11) is 0. The number of hydrogen-bond donors (Lipinski definition) is 1. The van der Waals surface area contributed by atoms with Crippen LogP contribution in [0.25, 0.3) is 22.3 Å². The van der Waals surface area contributed by atoms with Crippen LogP contribution in [0.3, 0.4) is 0 Å². The maximum atomic E-state index is 13.0. The van der Waals surface area contributed by atoms with Crippen molar-refractivity contribution < 1.29 is 19.0 Å². The summed E-state index contributed by atoms with van der Waals surface area (Å²) in [4.78, 5) is 22.0. The van der Waals surface area contributed by atoms with Gasteiger partial charge in [0.2, 0.25) is 0 Å². The topological polar surface area (TPSA) is 82.6 Å². The zero-order chi connectivity index (χ0) is 22.1. The van der Waals surface area contributed by atoms with Gasteiger partial charge in [-0.05, 0) is 63.2 Å². The fraction of sp³-hybridized carbons (Fsp3) is 0.375. The Kier molecular flexibility index (Phi) is 8.32. The Balaban J connectivity index is 1.82. The van der Waals surface area contributed by atoms with Crippen molar-refractivity contribution in [1.82, 2.24) is 15.3 Å². The first-order valence-corrected chi connectivity index (χ1v) is 10.7. The van der Waals surface area contributed by atoms with Gasteiger partial charge in [0.1, 0.15) is 5.75 Å². The van der Waals surface area contributed by atoms with Crippen LogP contribution in [0.5, 0.6) is 5.75 Å². The first kappa shape index (κ1) is 22.7. The number of pyridine rings is 2. The van der Waals surface area contributed by atoms with Gasteiger partial charge in [-0.15, -0.1) is 0 Å². The lowest BCUT2D eigenvalue weighted by Crippen LogP contribution is -2.29. The molecule has 0 spiro atoms. The Morgan fingerprint density at radius 3 is 2.45 bits per heavy atom. The third kappa shape index (κ3) is 5.99. The Labute approximate surface area is 182 Å². The third-order valence-electron chi connectivity index (χ3n) is 4.66. The standard InChI is InChI=1S/C24H29N3O4/c1-4-29-18-11-9-17(10-12-18)21-16-20(19-8-7-14-25-23(19)27-21)24(28)26-15-13-22(30-5-2)31-6-3/h7-12,14,16,22H,4-6,13,15H2,1-3H3,(H,26,28). The SMILES string of the molecule is CCOc1ccc(-c2cc(C(=O)NCCC(OCC)OCC)c3cccnc3n2)cc1. The maximum absolute atomic E-state index is 13.0. The second kappa shape index (κ2) is 11.4. The molecule has 0 radical (unpaired) electrons. The molecule has 0 atom stereocenters. The molecule has 0 aliphatic heterocycles. The fourth-order valence-electron chi connectivity index (χ4n) is 3.27. The molecule has 7 nitrogen and oxygen atoms in total. The minimum absolute atomic E-state index is 0.181. The van der Waals surface area contributed by atoms with Crippen LogP contribution in [0.2, 0.25) is 0 Å². The van der Waals surface area contributed by atoms with Gasteiger partial charge in [0.25, 0.3) is 5.91 Å². The van der Waals surface area contributed by atoms with Gasteiger partial charge in [0.15, 0.2) is 11.9 Å². The maximum Gasteiger partial charge on any atom is 0.252 e. The number of rotatable bonds is 11. The van der Waals surface area contributed by atoms with E-state index in [-0.39, 0.29) is 12.2 Å². The quantitative estimate of drug-likeness (QED) is 0.465. The average molecular weight is 424 g/mol. The Morgan fingerprint density at radius 1 is 1.03 bits per heavy atom. The second-order valence-electron chi connectivity index (χ2n) is 6.77. The van der Waals surface area contributed by atoms with Crippen LogP contribution in [-0.2, 0) is 9.47 Å². The van der Waals surface area contributed by atoms with Crippen LogP contribution in [0.1, 0.15) is 37.6 Å². The monoisotopic (exact) mass is 423 g/mol. The molecule has 31 heavy (non-hydrogen) atoms. The number of hydrogen-bond acceptors (Lipinski definition) is 6. The summed E-state index contributed by atoms with van der Waals surface area (Å²) >= 11 is 0. The molecule has 1 aromatic carbocycles. The highest BCUT2D eigenvalue weighted by atomic mass is 16.7. The summed E-state index contributed by atoms with van der Waals surface area (Å²) < 4.78 is 16.6. The smallest absolute Gasteiger partial charge is 0.252 e. The van der Waals surface area contributed by atoms with Crippen molar-refractivity contribution in [3.05, 3.63) is 54.2 Å². The molecular formula is C24H29N3O4. The predicted molar refractivity (Wildman–Crippen MR) is 120 cm³/mol. The minimum atomic E-state index is -0.328. The van der Waals surface area contributed by atoms with Crippen LogP contribution in [0.4, 0.5) is 0 Å². The molecule has 3 aromatic rings. The zero-order valence-electron chi connectivity index (χ0n) is 18.3. The van der Waals surface area contributed by atoms with Crippen molar-refractivity contribution in [2.45, 2.75) is 33.5 Å². The van der Waals surface area contributed by atoms with Gasteiger partial charge in [0.05, 0.1) is 17.9 Å². The molecule has 7 heteroatoms. The molecule has 164 valence electrons. The fourth-order valence-corrected chi connectivity index (χ4v) is 3.27. The van der Waals surface area contributed by atoms with Gasteiger partial charge >= 0.3 is 0 Å². The number of amides is 1.